The highest BCUT2D eigenvalue weighted by Gasteiger charge is 2.26. The fourth-order valence-electron chi connectivity index (χ4n) is 3.72. The molecule has 2 aromatic carbocycles. The van der Waals surface area contributed by atoms with Crippen LogP contribution in [0.15, 0.2) is 54.6 Å². The van der Waals surface area contributed by atoms with Gasteiger partial charge in [0.25, 0.3) is 5.91 Å². The van der Waals surface area contributed by atoms with Gasteiger partial charge in [-0.2, -0.15) is 5.10 Å². The predicted octanol–water partition coefficient (Wildman–Crippen LogP) is 4.02. The van der Waals surface area contributed by atoms with Gasteiger partial charge in [0.05, 0.1) is 12.1 Å². The molecule has 1 aromatic heterocycles. The van der Waals surface area contributed by atoms with E-state index in [2.05, 4.69) is 22.3 Å². The largest absolute Gasteiger partial charge is 0.377 e. The molecule has 0 aliphatic carbocycles. The molecule has 4 rings (SSSR count). The summed E-state index contributed by atoms with van der Waals surface area (Å²) < 4.78 is 5.81. The topological polar surface area (TPSA) is 58.2 Å². The number of piperidine rings is 1. The van der Waals surface area contributed by atoms with Crippen LogP contribution in [0.4, 0.5) is 0 Å². The number of hydrogen-bond donors (Lipinski definition) is 1. The van der Waals surface area contributed by atoms with Crippen LogP contribution >= 0.6 is 0 Å². The Labute approximate surface area is 159 Å². The fraction of sp³-hybridized carbons (Fsp3) is 0.364. The average Bonchev–Trinajstić information content (AvgIpc) is 3.16. The average molecular weight is 363 g/mol. The first-order chi connectivity index (χ1) is 13.3. The maximum absolute atomic E-state index is 12.8. The number of amides is 1. The second-order valence-electron chi connectivity index (χ2n) is 7.18. The van der Waals surface area contributed by atoms with E-state index in [1.165, 1.54) is 5.56 Å². The van der Waals surface area contributed by atoms with Crippen LogP contribution in [0.25, 0.3) is 10.9 Å². The number of fused-ring (bicyclic) bond motifs is 1. The van der Waals surface area contributed by atoms with Gasteiger partial charge in [-0.3, -0.25) is 9.89 Å². The molecular weight excluding hydrogens is 338 g/mol. The van der Waals surface area contributed by atoms with E-state index >= 15 is 0 Å². The monoisotopic (exact) mass is 363 g/mol. The third-order valence-electron chi connectivity index (χ3n) is 5.36. The van der Waals surface area contributed by atoms with Crippen molar-refractivity contribution in [2.45, 2.75) is 25.9 Å². The van der Waals surface area contributed by atoms with Crippen LogP contribution in [0.5, 0.6) is 0 Å². The summed E-state index contributed by atoms with van der Waals surface area (Å²) in [7, 11) is 0. The highest BCUT2D eigenvalue weighted by molar-refractivity contribution is 6.04. The molecule has 1 fully saturated rings. The first kappa shape index (κ1) is 17.7. The van der Waals surface area contributed by atoms with Crippen LogP contribution in [0.2, 0.25) is 0 Å². The Morgan fingerprint density at radius 3 is 2.63 bits per heavy atom. The molecule has 5 nitrogen and oxygen atoms in total. The molecule has 0 unspecified atom stereocenters. The minimum Gasteiger partial charge on any atom is -0.377 e. The van der Waals surface area contributed by atoms with Crippen molar-refractivity contribution in [2.75, 3.05) is 19.7 Å². The van der Waals surface area contributed by atoms with Gasteiger partial charge >= 0.3 is 0 Å². The Hall–Kier alpha value is -2.66. The number of carbonyl (C=O) groups excluding carboxylic acids is 1. The summed E-state index contributed by atoms with van der Waals surface area (Å²) in [5.74, 6) is 0.659. The smallest absolute Gasteiger partial charge is 0.274 e. The molecule has 0 saturated carbocycles. The summed E-state index contributed by atoms with van der Waals surface area (Å²) in [6.07, 6.45) is 3.12. The fourth-order valence-corrected chi connectivity index (χ4v) is 3.72. The zero-order valence-electron chi connectivity index (χ0n) is 15.4. The van der Waals surface area contributed by atoms with Gasteiger partial charge < -0.3 is 9.64 Å². The Morgan fingerprint density at radius 2 is 1.81 bits per heavy atom. The van der Waals surface area contributed by atoms with E-state index in [-0.39, 0.29) is 5.91 Å². The minimum absolute atomic E-state index is 0.0335. The van der Waals surface area contributed by atoms with Gasteiger partial charge in [-0.05, 0) is 36.8 Å². The third kappa shape index (κ3) is 4.19. The van der Waals surface area contributed by atoms with Crippen molar-refractivity contribution in [3.05, 3.63) is 65.9 Å². The van der Waals surface area contributed by atoms with Gasteiger partial charge in [-0.25, -0.2) is 0 Å². The van der Waals surface area contributed by atoms with Crippen LogP contribution in [0.3, 0.4) is 0 Å². The van der Waals surface area contributed by atoms with E-state index in [9.17, 15) is 4.79 Å². The summed E-state index contributed by atoms with van der Waals surface area (Å²) in [6, 6.07) is 18.0. The van der Waals surface area contributed by atoms with Crippen LogP contribution in [-0.4, -0.2) is 40.7 Å². The highest BCUT2D eigenvalue weighted by atomic mass is 16.5. The minimum atomic E-state index is 0.0335. The molecule has 1 aliphatic heterocycles. The summed E-state index contributed by atoms with van der Waals surface area (Å²) in [6.45, 7) is 3.04. The van der Waals surface area contributed by atoms with Crippen LogP contribution in [-0.2, 0) is 11.3 Å². The van der Waals surface area contributed by atoms with Crippen molar-refractivity contribution in [3.8, 4) is 0 Å². The lowest BCUT2D eigenvalue weighted by atomic mass is 9.93. The predicted molar refractivity (Wildman–Crippen MR) is 105 cm³/mol. The third-order valence-corrected chi connectivity index (χ3v) is 5.36. The molecule has 1 amide bonds. The normalized spacial score (nSPS) is 15.3. The zero-order chi connectivity index (χ0) is 18.5. The number of carbonyl (C=O) groups is 1. The SMILES string of the molecule is O=C(c1n[nH]c2ccccc12)N1CCC(CCOCc2ccccc2)CC1. The standard InChI is InChI=1S/C22H25N3O2/c26-22(21-19-8-4-5-9-20(19)23-24-21)25-13-10-17(11-14-25)12-15-27-16-18-6-2-1-3-7-18/h1-9,17H,10-16H2,(H,23,24). The van der Waals surface area contributed by atoms with E-state index in [1.807, 2.05) is 47.4 Å². The molecule has 1 N–H and O–H groups in total. The van der Waals surface area contributed by atoms with E-state index in [0.717, 1.165) is 49.9 Å². The number of hydrogen-bond acceptors (Lipinski definition) is 3. The molecule has 0 atom stereocenters. The second-order valence-corrected chi connectivity index (χ2v) is 7.18. The van der Waals surface area contributed by atoms with E-state index in [4.69, 9.17) is 4.74 Å². The molecule has 5 heteroatoms. The number of rotatable bonds is 6. The van der Waals surface area contributed by atoms with Gasteiger partial charge in [0.1, 0.15) is 0 Å². The number of ether oxygens (including phenoxy) is 1. The van der Waals surface area contributed by atoms with Crippen LogP contribution in [0.1, 0.15) is 35.3 Å². The molecular formula is C22H25N3O2. The number of aromatic nitrogens is 2. The van der Waals surface area contributed by atoms with Gasteiger partial charge in [0.2, 0.25) is 0 Å². The maximum atomic E-state index is 12.8. The highest BCUT2D eigenvalue weighted by Crippen LogP contribution is 2.23. The van der Waals surface area contributed by atoms with Gasteiger partial charge in [0.15, 0.2) is 5.69 Å². The van der Waals surface area contributed by atoms with Crippen molar-refractivity contribution in [2.24, 2.45) is 5.92 Å². The lowest BCUT2D eigenvalue weighted by molar-refractivity contribution is 0.0635. The summed E-state index contributed by atoms with van der Waals surface area (Å²) in [5, 5.41) is 8.10. The first-order valence-electron chi connectivity index (χ1n) is 9.65. The quantitative estimate of drug-likeness (QED) is 0.673. The van der Waals surface area contributed by atoms with Crippen molar-refractivity contribution in [1.82, 2.24) is 15.1 Å². The first-order valence-corrected chi connectivity index (χ1v) is 9.65. The number of likely N-dealkylation sites (tertiary alicyclic amines) is 1. The Bertz CT molecular complexity index is 883. The second kappa shape index (κ2) is 8.35. The van der Waals surface area contributed by atoms with E-state index in [0.29, 0.717) is 18.2 Å². The number of benzene rings is 2. The number of nitrogens with one attached hydrogen (secondary N) is 1. The van der Waals surface area contributed by atoms with Gasteiger partial charge in [-0.1, -0.05) is 48.5 Å². The van der Waals surface area contributed by atoms with Crippen molar-refractivity contribution >= 4 is 16.8 Å². The molecule has 2 heterocycles. The lowest BCUT2D eigenvalue weighted by Crippen LogP contribution is -2.39. The molecule has 0 spiro atoms. The summed E-state index contributed by atoms with van der Waals surface area (Å²) in [5.41, 5.74) is 2.66. The lowest BCUT2D eigenvalue weighted by Gasteiger charge is -2.31. The Kier molecular flexibility index (Phi) is 5.49. The molecule has 1 aliphatic rings. The number of H-pyrrole nitrogens is 1. The molecule has 1 saturated heterocycles. The Balaban J connectivity index is 1.23. The number of nitrogens with zero attached hydrogens (tertiary/aromatic N) is 2. The van der Waals surface area contributed by atoms with Crippen molar-refractivity contribution in [1.29, 1.82) is 0 Å². The van der Waals surface area contributed by atoms with Crippen LogP contribution < -0.4 is 0 Å². The van der Waals surface area contributed by atoms with E-state index < -0.39 is 0 Å². The molecule has 0 radical (unpaired) electrons. The summed E-state index contributed by atoms with van der Waals surface area (Å²) in [4.78, 5) is 14.8. The van der Waals surface area contributed by atoms with Crippen molar-refractivity contribution < 1.29 is 9.53 Å². The molecule has 140 valence electrons. The Morgan fingerprint density at radius 1 is 1.07 bits per heavy atom. The molecule has 3 aromatic rings. The molecule has 27 heavy (non-hydrogen) atoms. The maximum Gasteiger partial charge on any atom is 0.274 e. The number of para-hydroxylation sites is 1. The van der Waals surface area contributed by atoms with E-state index in [1.54, 1.807) is 0 Å². The van der Waals surface area contributed by atoms with Gasteiger partial charge in [-0.15, -0.1) is 0 Å². The van der Waals surface area contributed by atoms with Crippen molar-refractivity contribution in [3.63, 3.8) is 0 Å². The zero-order valence-corrected chi connectivity index (χ0v) is 15.4. The van der Waals surface area contributed by atoms with Crippen LogP contribution in [0, 0.1) is 5.92 Å². The molecule has 0 bridgehead atoms. The van der Waals surface area contributed by atoms with Gasteiger partial charge in [0, 0.05) is 25.1 Å². The number of aromatic amines is 1. The summed E-state index contributed by atoms with van der Waals surface area (Å²) >= 11 is 0.